The Labute approximate surface area is 528 Å². The van der Waals surface area contributed by atoms with E-state index in [1.165, 1.54) is 248 Å². The topological polar surface area (TPSA) is 6.48 Å². The lowest BCUT2D eigenvalue weighted by atomic mass is 9.82. The number of nitrogens with zero attached hydrogens (tertiary/aromatic N) is 2. The minimum atomic E-state index is 0.720. The Morgan fingerprint density at radius 2 is 0.545 bits per heavy atom. The standard InChI is InChI=1S/C86H102N2/c1-9-17-25-57(13-5)45-61-29-21-33-69-77(61)49-78-62(46-58(14-6)26-18-10-2)30-22-34-70(78)81(69)55-87-51-65-37-41-73-75-43-39-67-53-88(54-68-40-44-76(86(75)84(67)68)74-42-38-66(52-87)83(65)85(73)74)56-82-71-35-23-31-63(47-59(15-7)27-19-11-3)79(71)50-80-64(32-24-36-72(80)82)48-60(16-8)28-20-12-4/h21-24,29-44,49-50,57-60H,9-20,25-28,45-48,51-56H2,1-8H3. The predicted octanol–water partition coefficient (Wildman–Crippen LogP) is 24.4. The van der Waals surface area contributed by atoms with Crippen molar-refractivity contribution in [2.75, 3.05) is 0 Å². The van der Waals surface area contributed by atoms with Gasteiger partial charge in [-0.25, -0.2) is 0 Å². The fourth-order valence-corrected chi connectivity index (χ4v) is 17.3. The Balaban J connectivity index is 0.844. The van der Waals surface area contributed by atoms with Crippen LogP contribution in [0.4, 0.5) is 0 Å². The van der Waals surface area contributed by atoms with Crippen molar-refractivity contribution in [2.45, 2.75) is 223 Å². The second-order valence-corrected chi connectivity index (χ2v) is 28.1. The highest BCUT2D eigenvalue weighted by Crippen LogP contribution is 2.48. The van der Waals surface area contributed by atoms with E-state index in [-0.39, 0.29) is 0 Å². The average molecular weight is 1160 g/mol. The van der Waals surface area contributed by atoms with Gasteiger partial charge in [-0.1, -0.05) is 279 Å². The van der Waals surface area contributed by atoms with Gasteiger partial charge >= 0.3 is 0 Å². The van der Waals surface area contributed by atoms with Gasteiger partial charge in [0.25, 0.3) is 0 Å². The Kier molecular flexibility index (Phi) is 18.6. The molecule has 2 aliphatic rings. The van der Waals surface area contributed by atoms with Crippen molar-refractivity contribution in [3.63, 3.8) is 0 Å². The van der Waals surface area contributed by atoms with Crippen LogP contribution in [0, 0.1) is 23.7 Å². The van der Waals surface area contributed by atoms with Gasteiger partial charge in [0.2, 0.25) is 0 Å². The zero-order valence-corrected chi connectivity index (χ0v) is 55.3. The third-order valence-corrected chi connectivity index (χ3v) is 22.5. The minimum Gasteiger partial charge on any atom is -0.290 e. The molecule has 11 aromatic rings. The van der Waals surface area contributed by atoms with Gasteiger partial charge in [-0.15, -0.1) is 0 Å². The van der Waals surface area contributed by atoms with Crippen LogP contribution in [-0.4, -0.2) is 9.80 Å². The first-order valence-corrected chi connectivity index (χ1v) is 35.8. The third-order valence-electron chi connectivity index (χ3n) is 22.5. The number of rotatable bonds is 28. The van der Waals surface area contributed by atoms with E-state index in [0.29, 0.717) is 0 Å². The molecule has 0 fully saturated rings. The molecule has 0 amide bonds. The SMILES string of the molecule is CCCCC(CC)Cc1cccc2c(CN3Cc4ccc5c6ccc7c8c(ccc(c9ccc(c4c59)C3)c86)CN(Cc3c4cccc(CC(CC)CCCC)c4cc4c(CC(CC)CCCC)cccc34)C7)c3cccc(CC(CC)CCCC)c3cc12. The van der Waals surface area contributed by atoms with Gasteiger partial charge < -0.3 is 0 Å². The van der Waals surface area contributed by atoms with Crippen LogP contribution in [0.5, 0.6) is 0 Å². The molecule has 13 rings (SSSR count). The summed E-state index contributed by atoms with van der Waals surface area (Å²) in [7, 11) is 0. The highest BCUT2D eigenvalue weighted by molar-refractivity contribution is 6.34. The first-order valence-electron chi connectivity index (χ1n) is 35.8. The molecule has 2 heteroatoms. The average Bonchev–Trinajstić information content (AvgIpc) is 1.05. The van der Waals surface area contributed by atoms with Gasteiger partial charge in [0.1, 0.15) is 0 Å². The summed E-state index contributed by atoms with van der Waals surface area (Å²) in [6.07, 6.45) is 25.3. The number of unbranched alkanes of at least 4 members (excludes halogenated alkanes) is 4. The molecule has 88 heavy (non-hydrogen) atoms. The molecular formula is C86H102N2. The van der Waals surface area contributed by atoms with Crippen LogP contribution in [0.25, 0.3) is 86.2 Å². The molecule has 2 heterocycles. The maximum atomic E-state index is 2.78. The molecule has 456 valence electrons. The highest BCUT2D eigenvalue weighted by atomic mass is 15.1. The summed E-state index contributed by atoms with van der Waals surface area (Å²) >= 11 is 0. The van der Waals surface area contributed by atoms with E-state index in [0.717, 1.165) is 62.9 Å². The zero-order valence-electron chi connectivity index (χ0n) is 55.3. The lowest BCUT2D eigenvalue weighted by Gasteiger charge is -2.33. The fraction of sp³-hybridized carbons (Fsp3) is 0.442. The lowest BCUT2D eigenvalue weighted by Crippen LogP contribution is -2.26. The van der Waals surface area contributed by atoms with Crippen LogP contribution in [0.2, 0.25) is 0 Å². The Bertz CT molecular complexity index is 3750. The first-order chi connectivity index (χ1) is 43.3. The van der Waals surface area contributed by atoms with E-state index in [1.807, 2.05) is 0 Å². The van der Waals surface area contributed by atoms with E-state index >= 15 is 0 Å². The molecule has 0 aromatic heterocycles. The van der Waals surface area contributed by atoms with Crippen molar-refractivity contribution in [3.8, 4) is 0 Å². The second-order valence-electron chi connectivity index (χ2n) is 28.1. The molecule has 0 radical (unpaired) electrons. The van der Waals surface area contributed by atoms with Gasteiger partial charge in [-0.05, 0) is 203 Å². The van der Waals surface area contributed by atoms with Crippen LogP contribution >= 0.6 is 0 Å². The molecule has 11 aromatic carbocycles. The lowest BCUT2D eigenvalue weighted by molar-refractivity contribution is 0.245. The zero-order chi connectivity index (χ0) is 60.4. The van der Waals surface area contributed by atoms with E-state index in [1.54, 1.807) is 22.3 Å². The van der Waals surface area contributed by atoms with Gasteiger partial charge in [-0.2, -0.15) is 0 Å². The van der Waals surface area contributed by atoms with Crippen LogP contribution in [0.3, 0.4) is 0 Å². The molecule has 2 aliphatic heterocycles. The Morgan fingerprint density at radius 1 is 0.284 bits per heavy atom. The van der Waals surface area contributed by atoms with Gasteiger partial charge in [-0.3, -0.25) is 9.80 Å². The van der Waals surface area contributed by atoms with E-state index in [4.69, 9.17) is 0 Å². The van der Waals surface area contributed by atoms with E-state index < -0.39 is 0 Å². The van der Waals surface area contributed by atoms with Crippen LogP contribution in [0.1, 0.15) is 214 Å². The van der Waals surface area contributed by atoms with Crippen molar-refractivity contribution < 1.29 is 0 Å². The summed E-state index contributed by atoms with van der Waals surface area (Å²) in [5.74, 6) is 2.88. The quantitative estimate of drug-likeness (QED) is 0.0356. The Hall–Kier alpha value is -6.32. The maximum absolute atomic E-state index is 2.78. The summed E-state index contributed by atoms with van der Waals surface area (Å²) in [5.41, 5.74) is 15.1. The fourth-order valence-electron chi connectivity index (χ4n) is 17.3. The summed E-state index contributed by atoms with van der Waals surface area (Å²) in [6, 6.07) is 54.6. The van der Waals surface area contributed by atoms with Crippen molar-refractivity contribution in [1.29, 1.82) is 0 Å². The van der Waals surface area contributed by atoms with E-state index in [9.17, 15) is 0 Å². The Morgan fingerprint density at radius 3 is 0.784 bits per heavy atom. The molecule has 0 saturated carbocycles. The summed E-state index contributed by atoms with van der Waals surface area (Å²) in [4.78, 5) is 5.55. The molecule has 0 bridgehead atoms. The van der Waals surface area contributed by atoms with Gasteiger partial charge in [0.05, 0.1) is 0 Å². The van der Waals surface area contributed by atoms with Gasteiger partial charge in [0.15, 0.2) is 0 Å². The summed E-state index contributed by atoms with van der Waals surface area (Å²) in [5, 5.41) is 23.5. The van der Waals surface area contributed by atoms with Crippen LogP contribution < -0.4 is 0 Å². The smallest absolute Gasteiger partial charge is 0.0253 e. The van der Waals surface area contributed by atoms with Crippen molar-refractivity contribution in [2.24, 2.45) is 23.7 Å². The van der Waals surface area contributed by atoms with Crippen molar-refractivity contribution in [1.82, 2.24) is 9.80 Å². The number of benzene rings is 11. The molecule has 2 nitrogen and oxygen atoms in total. The maximum Gasteiger partial charge on any atom is 0.0253 e. The molecule has 4 unspecified atom stereocenters. The molecule has 0 aliphatic carbocycles. The number of fused-ring (bicyclic) bond motifs is 6. The minimum absolute atomic E-state index is 0.720. The largest absolute Gasteiger partial charge is 0.290 e. The second kappa shape index (κ2) is 27.0. The van der Waals surface area contributed by atoms with Crippen molar-refractivity contribution in [3.05, 3.63) is 189 Å². The molecule has 0 spiro atoms. The normalized spacial score (nSPS) is 15.4. The summed E-state index contributed by atoms with van der Waals surface area (Å²) in [6.45, 7) is 24.7. The summed E-state index contributed by atoms with van der Waals surface area (Å²) < 4.78 is 0. The van der Waals surface area contributed by atoms with E-state index in [2.05, 4.69) is 199 Å². The van der Waals surface area contributed by atoms with Crippen LogP contribution in [-0.2, 0) is 65.0 Å². The number of hydrogen-bond donors (Lipinski definition) is 0. The van der Waals surface area contributed by atoms with Crippen LogP contribution in [0.15, 0.2) is 133 Å². The first kappa shape index (κ1) is 60.6. The predicted molar refractivity (Wildman–Crippen MR) is 385 cm³/mol. The number of hydrogen-bond acceptors (Lipinski definition) is 2. The molecule has 0 saturated heterocycles. The van der Waals surface area contributed by atoms with Gasteiger partial charge in [0, 0.05) is 39.3 Å². The van der Waals surface area contributed by atoms with Crippen molar-refractivity contribution >= 4 is 86.2 Å². The monoisotopic (exact) mass is 1160 g/mol. The molecule has 4 atom stereocenters. The molecular weight excluding hydrogens is 1060 g/mol. The highest BCUT2D eigenvalue weighted by Gasteiger charge is 2.29. The molecule has 0 N–H and O–H groups in total. The third kappa shape index (κ3) is 11.7.